The van der Waals surface area contributed by atoms with Crippen molar-refractivity contribution in [2.24, 2.45) is 5.92 Å². The van der Waals surface area contributed by atoms with Crippen LogP contribution in [0.5, 0.6) is 0 Å². The van der Waals surface area contributed by atoms with Gasteiger partial charge in [0, 0.05) is 30.0 Å². The van der Waals surface area contributed by atoms with E-state index in [4.69, 9.17) is 0 Å². The number of para-hydroxylation sites is 1. The van der Waals surface area contributed by atoms with Crippen LogP contribution in [-0.2, 0) is 22.3 Å². The van der Waals surface area contributed by atoms with Gasteiger partial charge in [0.05, 0.1) is 12.1 Å². The number of anilines is 1. The van der Waals surface area contributed by atoms with Crippen molar-refractivity contribution in [3.63, 3.8) is 0 Å². The first-order valence-corrected chi connectivity index (χ1v) is 15.7. The van der Waals surface area contributed by atoms with Crippen molar-refractivity contribution in [1.29, 1.82) is 0 Å². The fraction of sp³-hybridized carbons (Fsp3) is 0.263. The summed E-state index contributed by atoms with van der Waals surface area (Å²) < 4.78 is 39.4. The number of nitrogens with one attached hydrogen (secondary N) is 1. The van der Waals surface area contributed by atoms with Crippen molar-refractivity contribution in [2.75, 3.05) is 11.4 Å². The predicted molar refractivity (Wildman–Crippen MR) is 173 cm³/mol. The van der Waals surface area contributed by atoms with Gasteiger partial charge in [-0.05, 0) is 72.3 Å². The minimum absolute atomic E-state index is 0.188. The second-order valence-corrected chi connectivity index (χ2v) is 11.9. The summed E-state index contributed by atoms with van der Waals surface area (Å²) >= 11 is 0. The van der Waals surface area contributed by atoms with Gasteiger partial charge in [-0.15, -0.1) is 0 Å². The molecule has 1 fully saturated rings. The minimum Gasteiger partial charge on any atom is -0.313 e. The van der Waals surface area contributed by atoms with Crippen LogP contribution >= 0.6 is 0 Å². The first-order chi connectivity index (χ1) is 22.3. The number of hydrogen-bond donors (Lipinski definition) is 1. The van der Waals surface area contributed by atoms with E-state index in [-0.39, 0.29) is 11.8 Å². The number of nitrogens with zero attached hydrogens (tertiary/aromatic N) is 2. The topological polar surface area (TPSA) is 52.7 Å². The highest BCUT2D eigenvalue weighted by atomic mass is 19.4. The molecule has 1 heterocycles. The maximum absolute atomic E-state index is 13.7. The molecule has 46 heavy (non-hydrogen) atoms. The molecule has 0 spiro atoms. The van der Waals surface area contributed by atoms with Crippen molar-refractivity contribution >= 4 is 17.5 Å². The van der Waals surface area contributed by atoms with E-state index in [1.54, 1.807) is 28.3 Å². The van der Waals surface area contributed by atoms with Crippen molar-refractivity contribution in [2.45, 2.75) is 50.4 Å². The smallest absolute Gasteiger partial charge is 0.313 e. The van der Waals surface area contributed by atoms with Gasteiger partial charge < -0.3 is 10.2 Å². The molecule has 0 bridgehead atoms. The van der Waals surface area contributed by atoms with E-state index in [0.29, 0.717) is 30.5 Å². The Morgan fingerprint density at radius 3 is 2.17 bits per heavy atom. The summed E-state index contributed by atoms with van der Waals surface area (Å²) in [5, 5.41) is 3.60. The summed E-state index contributed by atoms with van der Waals surface area (Å²) in [6.45, 7) is 1.17. The number of alkyl halides is 3. The molecule has 0 radical (unpaired) electrons. The average Bonchev–Trinajstić information content (AvgIpc) is 3.87. The van der Waals surface area contributed by atoms with Gasteiger partial charge in [-0.3, -0.25) is 14.5 Å². The zero-order valence-corrected chi connectivity index (χ0v) is 25.4. The number of amides is 2. The average molecular weight is 624 g/mol. The molecule has 2 amide bonds. The SMILES string of the molecule is O=C1C(CCCCN[C@@H]2C[C@H]2c2ccc(-c3cccc(C(F)(F)F)c3)cc2)C(=O)N(c2ccccc2)C=CN1Cc1ccccc1. The van der Waals surface area contributed by atoms with E-state index >= 15 is 0 Å². The highest BCUT2D eigenvalue weighted by Gasteiger charge is 2.38. The number of carbonyl (C=O) groups excluding carboxylic acids is 2. The summed E-state index contributed by atoms with van der Waals surface area (Å²) in [5.41, 5.74) is 3.54. The molecule has 0 saturated heterocycles. The largest absolute Gasteiger partial charge is 0.416 e. The molecule has 1 unspecified atom stereocenters. The maximum Gasteiger partial charge on any atom is 0.416 e. The van der Waals surface area contributed by atoms with Crippen molar-refractivity contribution in [3.05, 3.63) is 138 Å². The van der Waals surface area contributed by atoms with E-state index in [0.717, 1.165) is 54.3 Å². The Hall–Kier alpha value is -4.69. The van der Waals surface area contributed by atoms with Gasteiger partial charge >= 0.3 is 6.18 Å². The van der Waals surface area contributed by atoms with Crippen LogP contribution in [0.4, 0.5) is 18.9 Å². The third-order valence-corrected chi connectivity index (χ3v) is 8.72. The zero-order valence-electron chi connectivity index (χ0n) is 25.4. The summed E-state index contributed by atoms with van der Waals surface area (Å²) in [4.78, 5) is 30.6. The first kappa shape index (κ1) is 31.3. The van der Waals surface area contributed by atoms with E-state index in [1.165, 1.54) is 12.1 Å². The molecular weight excluding hydrogens is 587 g/mol. The Labute approximate surface area is 267 Å². The van der Waals surface area contributed by atoms with Gasteiger partial charge in [0.15, 0.2) is 0 Å². The number of halogens is 3. The monoisotopic (exact) mass is 623 g/mol. The molecule has 5 nitrogen and oxygen atoms in total. The van der Waals surface area contributed by atoms with Crippen LogP contribution in [-0.4, -0.2) is 29.3 Å². The quantitative estimate of drug-likeness (QED) is 0.136. The molecule has 6 rings (SSSR count). The van der Waals surface area contributed by atoms with E-state index in [1.807, 2.05) is 84.9 Å². The fourth-order valence-electron chi connectivity index (χ4n) is 6.08. The van der Waals surface area contributed by atoms with Gasteiger partial charge in [0.2, 0.25) is 11.8 Å². The third-order valence-electron chi connectivity index (χ3n) is 8.72. The Kier molecular flexibility index (Phi) is 9.35. The van der Waals surface area contributed by atoms with E-state index in [9.17, 15) is 22.8 Å². The third kappa shape index (κ3) is 7.40. The normalized spacial score (nSPS) is 19.8. The van der Waals surface area contributed by atoms with Gasteiger partial charge in [0.25, 0.3) is 0 Å². The lowest BCUT2D eigenvalue weighted by Gasteiger charge is -2.23. The lowest BCUT2D eigenvalue weighted by Crippen LogP contribution is -2.39. The number of benzene rings is 4. The van der Waals surface area contributed by atoms with Gasteiger partial charge in [-0.2, -0.15) is 13.2 Å². The Bertz CT molecular complexity index is 1670. The van der Waals surface area contributed by atoms with Crippen LogP contribution in [0.3, 0.4) is 0 Å². The molecule has 2 aliphatic rings. The molecule has 1 saturated carbocycles. The summed E-state index contributed by atoms with van der Waals surface area (Å²) in [6, 6.07) is 32.6. The zero-order chi connectivity index (χ0) is 32.1. The number of rotatable bonds is 11. The van der Waals surface area contributed by atoms with E-state index < -0.39 is 17.7 Å². The molecule has 236 valence electrons. The molecular formula is C38H36F3N3O2. The van der Waals surface area contributed by atoms with Crippen LogP contribution in [0.25, 0.3) is 11.1 Å². The Morgan fingerprint density at radius 2 is 1.46 bits per heavy atom. The molecule has 1 aliphatic heterocycles. The first-order valence-electron chi connectivity index (χ1n) is 15.7. The standard InChI is InChI=1S/C38H36F3N3O2/c39-38(40,41)31-13-9-12-30(24-31)28-17-19-29(20-18-28)34-25-35(34)42-21-8-7-16-33-36(45)43(26-27-10-3-1-4-11-27)22-23-44(37(33)46)32-14-5-2-6-15-32/h1-6,9-15,17-20,22-24,33-35,42H,7-8,16,21,25-26H2/t33?,34-,35+/m0/s1. The molecule has 1 aliphatic carbocycles. The van der Waals surface area contributed by atoms with Crippen LogP contribution in [0.2, 0.25) is 0 Å². The number of carbonyl (C=O) groups is 2. The van der Waals surface area contributed by atoms with Crippen LogP contribution < -0.4 is 10.2 Å². The Morgan fingerprint density at radius 1 is 0.739 bits per heavy atom. The van der Waals surface area contributed by atoms with Crippen LogP contribution in [0.1, 0.15) is 48.3 Å². The summed E-state index contributed by atoms with van der Waals surface area (Å²) in [7, 11) is 0. The Balaban J connectivity index is 1.02. The van der Waals surface area contributed by atoms with E-state index in [2.05, 4.69) is 5.32 Å². The minimum atomic E-state index is -4.37. The molecule has 0 aromatic heterocycles. The lowest BCUT2D eigenvalue weighted by atomic mass is 9.98. The fourth-order valence-corrected chi connectivity index (χ4v) is 6.08. The molecule has 4 aromatic rings. The maximum atomic E-state index is 13.7. The molecule has 4 aromatic carbocycles. The van der Waals surface area contributed by atoms with Crippen molar-refractivity contribution in [3.8, 4) is 11.1 Å². The number of hydrogen-bond acceptors (Lipinski definition) is 3. The molecule has 1 N–H and O–H groups in total. The van der Waals surface area contributed by atoms with Crippen LogP contribution in [0.15, 0.2) is 122 Å². The summed E-state index contributed by atoms with van der Waals surface area (Å²) in [6.07, 6.45) is 2.04. The summed E-state index contributed by atoms with van der Waals surface area (Å²) in [5.74, 6) is -0.820. The van der Waals surface area contributed by atoms with Crippen molar-refractivity contribution in [1.82, 2.24) is 10.2 Å². The van der Waals surface area contributed by atoms with Gasteiger partial charge in [-0.1, -0.05) is 91.3 Å². The predicted octanol–water partition coefficient (Wildman–Crippen LogP) is 8.15. The van der Waals surface area contributed by atoms with Crippen molar-refractivity contribution < 1.29 is 22.8 Å². The molecule has 3 atom stereocenters. The number of unbranched alkanes of at least 4 members (excludes halogenated alkanes) is 1. The van der Waals surface area contributed by atoms with Crippen LogP contribution in [0, 0.1) is 5.92 Å². The second-order valence-electron chi connectivity index (χ2n) is 11.9. The highest BCUT2D eigenvalue weighted by molar-refractivity contribution is 6.09. The highest BCUT2D eigenvalue weighted by Crippen LogP contribution is 2.41. The van der Waals surface area contributed by atoms with Gasteiger partial charge in [0.1, 0.15) is 5.92 Å². The van der Waals surface area contributed by atoms with Gasteiger partial charge in [-0.25, -0.2) is 0 Å². The lowest BCUT2D eigenvalue weighted by molar-refractivity contribution is -0.139. The second kappa shape index (κ2) is 13.7. The molecule has 8 heteroatoms.